The Labute approximate surface area is 222 Å². The summed E-state index contributed by atoms with van der Waals surface area (Å²) < 4.78 is 5.26. The number of hydrogen-bond donors (Lipinski definition) is 3. The van der Waals surface area contributed by atoms with Gasteiger partial charge in [0.2, 0.25) is 5.91 Å². The van der Waals surface area contributed by atoms with E-state index in [2.05, 4.69) is 16.6 Å². The lowest BCUT2D eigenvalue weighted by molar-refractivity contribution is -0.142. The Balaban J connectivity index is 2.03. The average Bonchev–Trinajstić information content (AvgIpc) is 3.67. The molecule has 0 aliphatic heterocycles. The Hall–Kier alpha value is -3.54. The molecule has 0 bridgehead atoms. The van der Waals surface area contributed by atoms with Crippen LogP contribution in [-0.2, 0) is 14.3 Å². The summed E-state index contributed by atoms with van der Waals surface area (Å²) in [6, 6.07) is 9.34. The Morgan fingerprint density at radius 1 is 1.19 bits per heavy atom. The Kier molecular flexibility index (Phi) is 8.85. The van der Waals surface area contributed by atoms with Crippen molar-refractivity contribution in [2.45, 2.75) is 64.3 Å². The van der Waals surface area contributed by atoms with Gasteiger partial charge in [0.25, 0.3) is 5.91 Å². The Morgan fingerprint density at radius 3 is 2.43 bits per heavy atom. The highest BCUT2D eigenvalue weighted by Crippen LogP contribution is 2.37. The van der Waals surface area contributed by atoms with Gasteiger partial charge in [0, 0.05) is 11.6 Å². The molecule has 2 aromatic carbocycles. The quantitative estimate of drug-likeness (QED) is 0.448. The molecule has 0 saturated heterocycles. The number of amides is 3. The molecular weight excluding hydrogens is 494 g/mol. The molecule has 37 heavy (non-hydrogen) atoms. The minimum absolute atomic E-state index is 0.282. The van der Waals surface area contributed by atoms with Gasteiger partial charge in [-0.25, -0.2) is 4.79 Å². The highest BCUT2D eigenvalue weighted by Gasteiger charge is 2.44. The van der Waals surface area contributed by atoms with E-state index in [1.54, 1.807) is 57.2 Å². The molecule has 3 rings (SSSR count). The van der Waals surface area contributed by atoms with E-state index in [0.717, 1.165) is 5.56 Å². The minimum Gasteiger partial charge on any atom is -0.444 e. The second-order valence-corrected chi connectivity index (χ2v) is 10.3. The molecule has 0 aromatic heterocycles. The van der Waals surface area contributed by atoms with Gasteiger partial charge in [-0.05, 0) is 63.8 Å². The van der Waals surface area contributed by atoms with Crippen LogP contribution in [0.5, 0.6) is 0 Å². The summed E-state index contributed by atoms with van der Waals surface area (Å²) in [4.78, 5) is 41.5. The van der Waals surface area contributed by atoms with Crippen LogP contribution in [0.25, 0.3) is 0 Å². The van der Waals surface area contributed by atoms with Crippen LogP contribution in [0.2, 0.25) is 5.02 Å². The zero-order chi connectivity index (χ0) is 27.3. The summed E-state index contributed by atoms with van der Waals surface area (Å²) >= 11 is 6.36. The van der Waals surface area contributed by atoms with E-state index < -0.39 is 42.2 Å². The summed E-state index contributed by atoms with van der Waals surface area (Å²) in [5.41, 5.74) is 1.25. The number of rotatable bonds is 8. The zero-order valence-corrected chi connectivity index (χ0v) is 22.1. The normalized spacial score (nSPS) is 14.6. The number of ether oxygens (including phenoxy) is 1. The number of aryl methyl sites for hydroxylation is 1. The lowest BCUT2D eigenvalue weighted by atomic mass is 9.97. The number of hydrogen-bond acceptors (Lipinski definition) is 5. The molecule has 0 spiro atoms. The third-order valence-corrected chi connectivity index (χ3v) is 6.09. The second-order valence-electron chi connectivity index (χ2n) is 9.91. The second kappa shape index (κ2) is 11.7. The number of carbonyl (C=O) groups is 3. The first-order chi connectivity index (χ1) is 17.5. The third-order valence-electron chi connectivity index (χ3n) is 5.77. The van der Waals surface area contributed by atoms with Gasteiger partial charge in [-0.15, -0.1) is 6.42 Å². The molecule has 2 unspecified atom stereocenters. The molecule has 9 heteroatoms. The third kappa shape index (κ3) is 7.03. The standard InChI is InChI=1S/C28H32ClN3O5/c1-6-18-11-7-8-12-20(18)24(25(34)31-23-17(2)10-9-13-21(23)29)32(19-14-15-19)26(35)22(16-33)30-27(36)37-28(3,4)5/h1,7-13,19,22,24,33H,14-16H2,2-5H3,(H,30,36)(H,31,34). The highest BCUT2D eigenvalue weighted by atomic mass is 35.5. The molecule has 2 atom stereocenters. The SMILES string of the molecule is C#Cc1ccccc1C(C(=O)Nc1c(C)cccc1Cl)N(C(=O)C(CO)NC(=O)OC(C)(C)C)C1CC1. The fourth-order valence-electron chi connectivity index (χ4n) is 3.95. The topological polar surface area (TPSA) is 108 Å². The maximum Gasteiger partial charge on any atom is 0.408 e. The molecule has 196 valence electrons. The van der Waals surface area contributed by atoms with Gasteiger partial charge in [0.05, 0.1) is 17.3 Å². The van der Waals surface area contributed by atoms with Crippen molar-refractivity contribution in [3.05, 3.63) is 64.2 Å². The van der Waals surface area contributed by atoms with Crippen LogP contribution in [0.4, 0.5) is 10.5 Å². The number of nitrogens with one attached hydrogen (secondary N) is 2. The summed E-state index contributed by atoms with van der Waals surface area (Å²) in [5.74, 6) is 1.44. The molecule has 0 radical (unpaired) electrons. The van der Waals surface area contributed by atoms with Gasteiger partial charge >= 0.3 is 6.09 Å². The molecule has 1 aliphatic rings. The molecule has 8 nitrogen and oxygen atoms in total. The van der Waals surface area contributed by atoms with Crippen molar-refractivity contribution in [2.75, 3.05) is 11.9 Å². The van der Waals surface area contributed by atoms with E-state index in [1.807, 2.05) is 13.0 Å². The summed E-state index contributed by atoms with van der Waals surface area (Å²) in [6.07, 6.45) is 6.21. The van der Waals surface area contributed by atoms with E-state index in [1.165, 1.54) is 4.90 Å². The Morgan fingerprint density at radius 2 is 1.86 bits per heavy atom. The van der Waals surface area contributed by atoms with E-state index in [4.69, 9.17) is 22.8 Å². The smallest absolute Gasteiger partial charge is 0.408 e. The first-order valence-electron chi connectivity index (χ1n) is 12.0. The predicted octanol–water partition coefficient (Wildman–Crippen LogP) is 4.19. The van der Waals surface area contributed by atoms with Gasteiger partial charge in [0.1, 0.15) is 17.7 Å². The van der Waals surface area contributed by atoms with Crippen molar-refractivity contribution in [2.24, 2.45) is 0 Å². The van der Waals surface area contributed by atoms with E-state index in [0.29, 0.717) is 34.7 Å². The maximum absolute atomic E-state index is 13.9. The fourth-order valence-corrected chi connectivity index (χ4v) is 4.22. The van der Waals surface area contributed by atoms with E-state index in [9.17, 15) is 19.5 Å². The molecule has 1 aliphatic carbocycles. The molecule has 3 N–H and O–H groups in total. The van der Waals surface area contributed by atoms with Crippen molar-refractivity contribution >= 4 is 35.2 Å². The molecule has 2 aromatic rings. The Bertz CT molecular complexity index is 1190. The molecule has 1 saturated carbocycles. The van der Waals surface area contributed by atoms with E-state index in [-0.39, 0.29) is 6.04 Å². The summed E-state index contributed by atoms with van der Waals surface area (Å²) in [6.45, 7) is 6.18. The van der Waals surface area contributed by atoms with Crippen molar-refractivity contribution in [3.63, 3.8) is 0 Å². The molecule has 0 heterocycles. The number of carbonyl (C=O) groups excluding carboxylic acids is 3. The number of aliphatic hydroxyl groups is 1. The van der Waals surface area contributed by atoms with E-state index >= 15 is 0 Å². The van der Waals surface area contributed by atoms with Gasteiger partial charge in [-0.3, -0.25) is 9.59 Å². The van der Waals surface area contributed by atoms with Crippen LogP contribution in [0.15, 0.2) is 42.5 Å². The number of para-hydroxylation sites is 1. The van der Waals surface area contributed by atoms with Crippen molar-refractivity contribution in [1.82, 2.24) is 10.2 Å². The van der Waals surface area contributed by atoms with Gasteiger partial charge < -0.3 is 25.4 Å². The van der Waals surface area contributed by atoms with Crippen LogP contribution in [0.1, 0.15) is 56.3 Å². The summed E-state index contributed by atoms with van der Waals surface area (Å²) in [5, 5.41) is 15.7. The number of halogens is 1. The lowest BCUT2D eigenvalue weighted by Crippen LogP contribution is -2.54. The van der Waals surface area contributed by atoms with Crippen LogP contribution in [0.3, 0.4) is 0 Å². The number of anilines is 1. The molecule has 1 fully saturated rings. The number of nitrogens with zero attached hydrogens (tertiary/aromatic N) is 1. The number of aliphatic hydroxyl groups excluding tert-OH is 1. The van der Waals surface area contributed by atoms with Crippen molar-refractivity contribution in [3.8, 4) is 12.3 Å². The first kappa shape index (κ1) is 28.0. The fraction of sp³-hybridized carbons (Fsp3) is 0.393. The monoisotopic (exact) mass is 525 g/mol. The lowest BCUT2D eigenvalue weighted by Gasteiger charge is -2.34. The van der Waals surface area contributed by atoms with Gasteiger partial charge in [-0.1, -0.05) is 47.9 Å². The number of benzene rings is 2. The predicted molar refractivity (Wildman–Crippen MR) is 142 cm³/mol. The highest BCUT2D eigenvalue weighted by molar-refractivity contribution is 6.34. The largest absolute Gasteiger partial charge is 0.444 e. The van der Waals surface area contributed by atoms with Crippen molar-refractivity contribution < 1.29 is 24.2 Å². The molecular formula is C28H32ClN3O5. The van der Waals surface area contributed by atoms with Crippen LogP contribution < -0.4 is 10.6 Å². The number of terminal acetylenes is 1. The van der Waals surface area contributed by atoms with Gasteiger partial charge in [0.15, 0.2) is 0 Å². The van der Waals surface area contributed by atoms with Gasteiger partial charge in [-0.2, -0.15) is 0 Å². The molecule has 3 amide bonds. The van der Waals surface area contributed by atoms with Crippen LogP contribution in [0, 0.1) is 19.3 Å². The van der Waals surface area contributed by atoms with Crippen molar-refractivity contribution in [1.29, 1.82) is 0 Å². The van der Waals surface area contributed by atoms with Crippen LogP contribution >= 0.6 is 11.6 Å². The maximum atomic E-state index is 13.9. The average molecular weight is 526 g/mol. The zero-order valence-electron chi connectivity index (χ0n) is 21.4. The van der Waals surface area contributed by atoms with Crippen LogP contribution in [-0.4, -0.2) is 52.2 Å². The first-order valence-corrected chi connectivity index (χ1v) is 12.4. The summed E-state index contributed by atoms with van der Waals surface area (Å²) in [7, 11) is 0. The minimum atomic E-state index is -1.33. The number of alkyl carbamates (subject to hydrolysis) is 1.